The fourth-order valence-corrected chi connectivity index (χ4v) is 17.9. The van der Waals surface area contributed by atoms with Crippen LogP contribution in [0, 0.1) is 0 Å². The summed E-state index contributed by atoms with van der Waals surface area (Å²) in [6.45, 7) is 14.5. The molecule has 0 fully saturated rings. The summed E-state index contributed by atoms with van der Waals surface area (Å²) in [5, 5.41) is 0. The Morgan fingerprint density at radius 3 is 0.690 bits per heavy atom. The number of rotatable bonds is 22. The Balaban J connectivity index is 4.05. The van der Waals surface area contributed by atoms with Crippen LogP contribution >= 0.6 is 14.5 Å². The van der Waals surface area contributed by atoms with Crippen molar-refractivity contribution in [3.8, 4) is 0 Å². The monoisotopic (exact) mass is 448 g/mol. The number of unbranched alkanes of at least 4 members (excludes halogenated alkanes) is 6. The molecule has 0 saturated heterocycles. The van der Waals surface area contributed by atoms with Gasteiger partial charge in [-0.05, 0) is 0 Å². The van der Waals surface area contributed by atoms with Crippen molar-refractivity contribution in [1.82, 2.24) is 0 Å². The van der Waals surface area contributed by atoms with Crippen LogP contribution in [0.4, 0.5) is 0 Å². The standard InChI is InChI=1S/C27H62P2/c1-7-20-28(21-8-2,22-9-3)26-18-16-14-13-15-17-19-27-29(23-10-4,24-11-5)25-12-6/h28-29H,7-27H2,1-6H3. The van der Waals surface area contributed by atoms with Gasteiger partial charge in [0.15, 0.2) is 0 Å². The summed E-state index contributed by atoms with van der Waals surface area (Å²) < 4.78 is 0. The Labute approximate surface area is 188 Å². The summed E-state index contributed by atoms with van der Waals surface area (Å²) in [6, 6.07) is 0. The van der Waals surface area contributed by atoms with E-state index in [0.29, 0.717) is 0 Å². The Kier molecular flexibility index (Phi) is 20.1. The SMILES string of the molecule is CCC[PH](CCC)(CCC)CCCCCCCCC[PH](CCC)(CCC)CCC. The quantitative estimate of drug-likeness (QED) is 0.114. The molecule has 0 rings (SSSR count). The van der Waals surface area contributed by atoms with Gasteiger partial charge in [0.05, 0.1) is 0 Å². The second-order valence-electron chi connectivity index (χ2n) is 10.5. The Morgan fingerprint density at radius 2 is 0.483 bits per heavy atom. The van der Waals surface area contributed by atoms with Crippen molar-refractivity contribution in [3.05, 3.63) is 0 Å². The molecule has 0 N–H and O–H groups in total. The molecule has 0 amide bonds. The average molecular weight is 449 g/mol. The maximum atomic E-state index is 2.42. The molecule has 0 aromatic heterocycles. The summed E-state index contributed by atoms with van der Waals surface area (Å²) in [4.78, 5) is 0. The molecule has 180 valence electrons. The number of hydrogen-bond donors (Lipinski definition) is 0. The topological polar surface area (TPSA) is 0 Å². The molecule has 29 heavy (non-hydrogen) atoms. The van der Waals surface area contributed by atoms with Gasteiger partial charge in [-0.3, -0.25) is 0 Å². The predicted molar refractivity (Wildman–Crippen MR) is 150 cm³/mol. The predicted octanol–water partition coefficient (Wildman–Crippen LogP) is 9.68. The summed E-state index contributed by atoms with van der Waals surface area (Å²) in [5.74, 6) is 0. The van der Waals surface area contributed by atoms with Crippen LogP contribution in [0.2, 0.25) is 0 Å². The van der Waals surface area contributed by atoms with Gasteiger partial charge in [0.1, 0.15) is 0 Å². The molecule has 0 aliphatic heterocycles. The molecular formula is C27H62P2. The van der Waals surface area contributed by atoms with Crippen LogP contribution in [0.25, 0.3) is 0 Å². The summed E-state index contributed by atoms with van der Waals surface area (Å²) >= 11 is 0. The van der Waals surface area contributed by atoms with Crippen LogP contribution in [0.3, 0.4) is 0 Å². The fraction of sp³-hybridized carbons (Fsp3) is 1.00. The van der Waals surface area contributed by atoms with Crippen molar-refractivity contribution in [3.63, 3.8) is 0 Å². The molecular weight excluding hydrogens is 386 g/mol. The third kappa shape index (κ3) is 13.8. The van der Waals surface area contributed by atoms with Gasteiger partial charge >= 0.3 is 189 Å². The Bertz CT molecular complexity index is 273. The first-order valence-electron chi connectivity index (χ1n) is 14.1. The molecule has 0 atom stereocenters. The second-order valence-corrected chi connectivity index (χ2v) is 20.5. The molecule has 0 aromatic rings. The third-order valence-corrected chi connectivity index (χ3v) is 19.8. The van der Waals surface area contributed by atoms with Crippen LogP contribution in [0.15, 0.2) is 0 Å². The van der Waals surface area contributed by atoms with Crippen molar-refractivity contribution in [2.75, 3.05) is 49.3 Å². The molecule has 0 saturated carbocycles. The molecule has 0 aliphatic rings. The van der Waals surface area contributed by atoms with Gasteiger partial charge in [-0.15, -0.1) is 0 Å². The van der Waals surface area contributed by atoms with Crippen molar-refractivity contribution in [2.24, 2.45) is 0 Å². The molecule has 0 radical (unpaired) electrons. The minimum absolute atomic E-state index is 0.917. The first-order chi connectivity index (χ1) is 14.1. The fourth-order valence-electron chi connectivity index (χ4n) is 6.57. The summed E-state index contributed by atoms with van der Waals surface area (Å²) in [6.07, 6.45) is 32.2. The van der Waals surface area contributed by atoms with Crippen LogP contribution in [-0.4, -0.2) is 49.3 Å². The van der Waals surface area contributed by atoms with Gasteiger partial charge in [0.25, 0.3) is 0 Å². The van der Waals surface area contributed by atoms with E-state index in [-0.39, 0.29) is 0 Å². The Morgan fingerprint density at radius 1 is 0.276 bits per heavy atom. The van der Waals surface area contributed by atoms with Crippen molar-refractivity contribution in [1.29, 1.82) is 0 Å². The first-order valence-corrected chi connectivity index (χ1v) is 19.7. The van der Waals surface area contributed by atoms with Crippen molar-refractivity contribution < 1.29 is 0 Å². The van der Waals surface area contributed by atoms with E-state index < -0.39 is 14.5 Å². The van der Waals surface area contributed by atoms with Crippen LogP contribution in [0.5, 0.6) is 0 Å². The zero-order valence-corrected chi connectivity index (χ0v) is 23.8. The molecule has 0 aromatic carbocycles. The van der Waals surface area contributed by atoms with E-state index in [2.05, 4.69) is 41.5 Å². The maximum absolute atomic E-state index is 2.42. The van der Waals surface area contributed by atoms with Gasteiger partial charge in [-0.1, -0.05) is 0 Å². The molecule has 0 bridgehead atoms. The first kappa shape index (κ1) is 29.9. The van der Waals surface area contributed by atoms with Crippen molar-refractivity contribution >= 4 is 14.5 Å². The van der Waals surface area contributed by atoms with E-state index in [1.165, 1.54) is 70.6 Å². The van der Waals surface area contributed by atoms with E-state index in [0.717, 1.165) is 0 Å². The van der Waals surface area contributed by atoms with Gasteiger partial charge in [-0.2, -0.15) is 0 Å². The Hall–Kier alpha value is 0.860. The molecule has 0 spiro atoms. The summed E-state index contributed by atoms with van der Waals surface area (Å²) in [7, 11) is -1.83. The van der Waals surface area contributed by atoms with Gasteiger partial charge < -0.3 is 0 Å². The van der Waals surface area contributed by atoms with E-state index in [9.17, 15) is 0 Å². The van der Waals surface area contributed by atoms with E-state index in [4.69, 9.17) is 0 Å². The molecule has 0 unspecified atom stereocenters. The van der Waals surface area contributed by atoms with E-state index in [1.54, 1.807) is 62.1 Å². The second kappa shape index (κ2) is 19.5. The third-order valence-electron chi connectivity index (χ3n) is 7.60. The van der Waals surface area contributed by atoms with Crippen LogP contribution in [-0.2, 0) is 0 Å². The zero-order valence-electron chi connectivity index (χ0n) is 21.8. The molecule has 0 aliphatic carbocycles. The van der Waals surface area contributed by atoms with Gasteiger partial charge in [-0.25, -0.2) is 0 Å². The molecule has 0 heterocycles. The van der Waals surface area contributed by atoms with E-state index in [1.807, 2.05) is 0 Å². The van der Waals surface area contributed by atoms with Crippen LogP contribution in [0.1, 0.15) is 125 Å². The van der Waals surface area contributed by atoms with Crippen LogP contribution < -0.4 is 0 Å². The average Bonchev–Trinajstić information content (AvgIpc) is 2.68. The van der Waals surface area contributed by atoms with Gasteiger partial charge in [0.2, 0.25) is 0 Å². The minimum atomic E-state index is -0.917. The van der Waals surface area contributed by atoms with Gasteiger partial charge in [0, 0.05) is 0 Å². The van der Waals surface area contributed by atoms with Crippen molar-refractivity contribution in [2.45, 2.75) is 125 Å². The summed E-state index contributed by atoms with van der Waals surface area (Å²) in [5.41, 5.74) is 0. The molecule has 0 nitrogen and oxygen atoms in total. The zero-order chi connectivity index (χ0) is 21.8. The van der Waals surface area contributed by atoms with E-state index >= 15 is 0 Å². The molecule has 2 heteroatoms. The normalized spacial score (nSPS) is 13.7. The number of hydrogen-bond acceptors (Lipinski definition) is 0.